The minimum absolute atomic E-state index is 0.385. The Balaban J connectivity index is 2.20. The van der Waals surface area contributed by atoms with Crippen LogP contribution in [0.15, 0.2) is 72.8 Å². The summed E-state index contributed by atoms with van der Waals surface area (Å²) in [6.07, 6.45) is 0. The molecule has 0 saturated carbocycles. The molecule has 0 bridgehead atoms. The molecule has 3 aromatic carbocycles. The largest absolute Gasteiger partial charge is 0.364 e. The van der Waals surface area contributed by atoms with E-state index in [1.54, 1.807) is 42.5 Å². The third-order valence-electron chi connectivity index (χ3n) is 3.19. The molecular weight excluding hydrogens is 286 g/mol. The quantitative estimate of drug-likeness (QED) is 0.749. The van der Waals surface area contributed by atoms with Crippen molar-refractivity contribution in [1.29, 1.82) is 0 Å². The van der Waals surface area contributed by atoms with Crippen molar-refractivity contribution in [3.63, 3.8) is 0 Å². The van der Waals surface area contributed by atoms with Gasteiger partial charge in [0.1, 0.15) is 0 Å². The first kappa shape index (κ1) is 13.6. The summed E-state index contributed by atoms with van der Waals surface area (Å²) in [7, 11) is -4.41. The molecule has 3 rings (SSSR count). The Kier molecular flexibility index (Phi) is 3.37. The molecule has 0 atom stereocenters. The van der Waals surface area contributed by atoms with Crippen LogP contribution >= 0.6 is 0 Å². The average molecular weight is 299 g/mol. The van der Waals surface area contributed by atoms with Gasteiger partial charge >= 0.3 is 10.3 Å². The van der Waals surface area contributed by atoms with Gasteiger partial charge in [0.15, 0.2) is 0 Å². The maximum atomic E-state index is 11.7. The summed E-state index contributed by atoms with van der Waals surface area (Å²) in [4.78, 5) is 0. The van der Waals surface area contributed by atoms with E-state index < -0.39 is 10.3 Å². The number of para-hydroxylation sites is 1. The van der Waals surface area contributed by atoms with Crippen molar-refractivity contribution >= 4 is 32.5 Å². The zero-order chi connectivity index (χ0) is 14.9. The van der Waals surface area contributed by atoms with Crippen molar-refractivity contribution in [3.8, 4) is 0 Å². The van der Waals surface area contributed by atoms with Crippen LogP contribution in [-0.2, 0) is 10.3 Å². The third kappa shape index (κ3) is 2.74. The van der Waals surface area contributed by atoms with Crippen LogP contribution in [0.4, 0.5) is 11.4 Å². The number of benzene rings is 3. The zero-order valence-corrected chi connectivity index (χ0v) is 11.9. The van der Waals surface area contributed by atoms with E-state index in [-0.39, 0.29) is 0 Å². The predicted molar refractivity (Wildman–Crippen MR) is 84.1 cm³/mol. The first-order valence-electron chi connectivity index (χ1n) is 6.37. The van der Waals surface area contributed by atoms with Crippen molar-refractivity contribution in [2.45, 2.75) is 0 Å². The molecule has 106 valence electrons. The van der Waals surface area contributed by atoms with Crippen LogP contribution in [0.3, 0.4) is 0 Å². The summed E-state index contributed by atoms with van der Waals surface area (Å²) < 4.78 is 34.0. The lowest BCUT2D eigenvalue weighted by atomic mass is 10.1. The fourth-order valence-electron chi connectivity index (χ4n) is 2.28. The van der Waals surface area contributed by atoms with Crippen LogP contribution in [-0.4, -0.2) is 13.0 Å². The van der Waals surface area contributed by atoms with Gasteiger partial charge in [0.05, 0.1) is 11.4 Å². The Morgan fingerprint density at radius 1 is 0.714 bits per heavy atom. The van der Waals surface area contributed by atoms with Gasteiger partial charge in [-0.15, -0.1) is 0 Å². The van der Waals surface area contributed by atoms with Gasteiger partial charge in [0.2, 0.25) is 0 Å². The van der Waals surface area contributed by atoms with E-state index in [9.17, 15) is 13.0 Å². The second-order valence-corrected chi connectivity index (χ2v) is 5.87. The van der Waals surface area contributed by atoms with Gasteiger partial charge in [0, 0.05) is 0 Å². The maximum Gasteiger partial charge on any atom is 0.364 e. The van der Waals surface area contributed by atoms with Crippen molar-refractivity contribution in [2.24, 2.45) is 0 Å². The van der Waals surface area contributed by atoms with Crippen LogP contribution in [0.1, 0.15) is 0 Å². The molecule has 0 radical (unpaired) electrons. The molecule has 1 N–H and O–H groups in total. The highest BCUT2D eigenvalue weighted by molar-refractivity contribution is 7.87. The number of hydrogen-bond acceptors (Lipinski definition) is 2. The number of hydrogen-bond donors (Lipinski definition) is 1. The van der Waals surface area contributed by atoms with Crippen LogP contribution in [0.2, 0.25) is 0 Å². The highest BCUT2D eigenvalue weighted by atomic mass is 32.2. The molecule has 0 unspecified atom stereocenters. The van der Waals surface area contributed by atoms with Crippen molar-refractivity contribution < 1.29 is 13.0 Å². The number of nitrogens with zero attached hydrogens (tertiary/aromatic N) is 1. The lowest BCUT2D eigenvalue weighted by Gasteiger charge is -2.21. The molecule has 0 aromatic heterocycles. The molecule has 0 fully saturated rings. The van der Waals surface area contributed by atoms with Gasteiger partial charge in [0.25, 0.3) is 0 Å². The van der Waals surface area contributed by atoms with Gasteiger partial charge in [-0.2, -0.15) is 8.42 Å². The summed E-state index contributed by atoms with van der Waals surface area (Å²) >= 11 is 0. The van der Waals surface area contributed by atoms with Gasteiger partial charge in [-0.3, -0.25) is 4.55 Å². The Hall–Kier alpha value is -2.37. The molecule has 0 aliphatic heterocycles. The van der Waals surface area contributed by atoms with E-state index in [2.05, 4.69) is 0 Å². The third-order valence-corrected chi connectivity index (χ3v) is 4.07. The Morgan fingerprint density at radius 2 is 1.33 bits per heavy atom. The number of rotatable bonds is 3. The lowest BCUT2D eigenvalue weighted by Crippen LogP contribution is -2.25. The lowest BCUT2D eigenvalue weighted by molar-refractivity contribution is 0.483. The molecule has 0 spiro atoms. The van der Waals surface area contributed by atoms with E-state index in [1.807, 2.05) is 30.3 Å². The summed E-state index contributed by atoms with van der Waals surface area (Å²) in [5.74, 6) is 0. The van der Waals surface area contributed by atoms with Crippen LogP contribution in [0.5, 0.6) is 0 Å². The normalized spacial score (nSPS) is 11.5. The maximum absolute atomic E-state index is 11.7. The van der Waals surface area contributed by atoms with E-state index in [0.29, 0.717) is 11.4 Å². The Bertz CT molecular complexity index is 876. The van der Waals surface area contributed by atoms with Crippen molar-refractivity contribution in [3.05, 3.63) is 72.8 Å². The molecule has 0 aliphatic rings. The predicted octanol–water partition coefficient (Wildman–Crippen LogP) is 3.78. The molecule has 4 nitrogen and oxygen atoms in total. The number of anilines is 2. The topological polar surface area (TPSA) is 57.6 Å². The minimum Gasteiger partial charge on any atom is -0.269 e. The van der Waals surface area contributed by atoms with Crippen molar-refractivity contribution in [1.82, 2.24) is 0 Å². The first-order valence-corrected chi connectivity index (χ1v) is 7.77. The summed E-state index contributed by atoms with van der Waals surface area (Å²) in [6.45, 7) is 0. The molecule has 3 aromatic rings. The molecule has 0 heterocycles. The second-order valence-electron chi connectivity index (χ2n) is 4.61. The minimum atomic E-state index is -4.41. The molecule has 21 heavy (non-hydrogen) atoms. The molecule has 0 saturated heterocycles. The van der Waals surface area contributed by atoms with E-state index >= 15 is 0 Å². The summed E-state index contributed by atoms with van der Waals surface area (Å²) in [6, 6.07) is 21.3. The van der Waals surface area contributed by atoms with Crippen molar-refractivity contribution in [2.75, 3.05) is 4.31 Å². The van der Waals surface area contributed by atoms with Gasteiger partial charge in [-0.05, 0) is 35.0 Å². The van der Waals surface area contributed by atoms with Gasteiger partial charge < -0.3 is 0 Å². The first-order chi connectivity index (χ1) is 10.1. The van der Waals surface area contributed by atoms with E-state index in [0.717, 1.165) is 15.1 Å². The van der Waals surface area contributed by atoms with Crippen LogP contribution < -0.4 is 4.31 Å². The SMILES string of the molecule is O=S(=O)(O)N(c1ccccc1)c1ccc2ccccc2c1. The monoisotopic (exact) mass is 299 g/mol. The van der Waals surface area contributed by atoms with E-state index in [1.165, 1.54) is 0 Å². The zero-order valence-electron chi connectivity index (χ0n) is 11.0. The fraction of sp³-hybridized carbons (Fsp3) is 0. The van der Waals surface area contributed by atoms with Crippen LogP contribution in [0.25, 0.3) is 10.8 Å². The van der Waals surface area contributed by atoms with E-state index in [4.69, 9.17) is 0 Å². The average Bonchev–Trinajstić information content (AvgIpc) is 2.47. The summed E-state index contributed by atoms with van der Waals surface area (Å²) in [5, 5.41) is 1.91. The number of fused-ring (bicyclic) bond motifs is 1. The van der Waals surface area contributed by atoms with Gasteiger partial charge in [-0.25, -0.2) is 4.31 Å². The highest BCUT2D eigenvalue weighted by Gasteiger charge is 2.21. The highest BCUT2D eigenvalue weighted by Crippen LogP contribution is 2.30. The molecular formula is C16H13NO3S. The Labute approximate surface area is 123 Å². The van der Waals surface area contributed by atoms with Gasteiger partial charge in [-0.1, -0.05) is 48.5 Å². The summed E-state index contributed by atoms with van der Waals surface area (Å²) in [5.41, 5.74) is 0.776. The fourth-order valence-corrected chi connectivity index (χ4v) is 3.05. The molecule has 5 heteroatoms. The molecule has 0 aliphatic carbocycles. The Morgan fingerprint density at radius 3 is 2.00 bits per heavy atom. The smallest absolute Gasteiger partial charge is 0.269 e. The van der Waals surface area contributed by atoms with Crippen LogP contribution in [0, 0.1) is 0 Å². The molecule has 0 amide bonds. The standard InChI is InChI=1S/C16H13NO3S/c18-21(19,20)17(15-8-2-1-3-9-15)16-11-10-13-6-4-5-7-14(13)12-16/h1-12H,(H,18,19,20). The second kappa shape index (κ2) is 5.20.